The molecule has 0 amide bonds. The van der Waals surface area contributed by atoms with Crippen molar-refractivity contribution in [2.24, 2.45) is 5.73 Å². The summed E-state index contributed by atoms with van der Waals surface area (Å²) in [6.45, 7) is -0.112. The number of rotatable bonds is 6. The minimum Gasteiger partial charge on any atom is -0.323 e. The number of nitrogens with two attached hydrogens (primary N) is 1. The van der Waals surface area contributed by atoms with Crippen LogP contribution in [0.3, 0.4) is 0 Å². The van der Waals surface area contributed by atoms with Crippen molar-refractivity contribution in [3.05, 3.63) is 68.2 Å². The summed E-state index contributed by atoms with van der Waals surface area (Å²) < 4.78 is 26.8. The number of sulfonamides is 1. The van der Waals surface area contributed by atoms with E-state index in [0.717, 1.165) is 24.3 Å². The summed E-state index contributed by atoms with van der Waals surface area (Å²) in [7, 11) is -3.86. The Labute approximate surface area is 148 Å². The molecule has 3 N–H and O–H groups in total. The van der Waals surface area contributed by atoms with Gasteiger partial charge in [0, 0.05) is 24.7 Å². The Morgan fingerprint density at radius 3 is 2.38 bits per heavy atom. The molecular weight excluding hydrogens is 377 g/mol. The number of benzene rings is 2. The zero-order chi connectivity index (χ0) is 17.9. The number of hydrogen-bond acceptors (Lipinski definition) is 5. The second-order valence-electron chi connectivity index (χ2n) is 4.85. The second kappa shape index (κ2) is 7.45. The van der Waals surface area contributed by atoms with E-state index in [0.29, 0.717) is 10.6 Å². The van der Waals surface area contributed by atoms with Crippen LogP contribution in [0.5, 0.6) is 0 Å². The molecule has 0 saturated heterocycles. The maximum absolute atomic E-state index is 12.2. The van der Waals surface area contributed by atoms with Crippen molar-refractivity contribution in [1.82, 2.24) is 4.72 Å². The lowest BCUT2D eigenvalue weighted by Crippen LogP contribution is -2.32. The van der Waals surface area contributed by atoms with Crippen molar-refractivity contribution in [1.29, 1.82) is 0 Å². The van der Waals surface area contributed by atoms with Crippen molar-refractivity contribution < 1.29 is 13.3 Å². The molecule has 128 valence electrons. The summed E-state index contributed by atoms with van der Waals surface area (Å²) in [5, 5.41) is 11.2. The topological polar surface area (TPSA) is 115 Å². The van der Waals surface area contributed by atoms with Crippen LogP contribution in [0.1, 0.15) is 11.6 Å². The van der Waals surface area contributed by atoms with Crippen molar-refractivity contribution in [2.75, 3.05) is 6.54 Å². The Bertz CT molecular complexity index is 857. The smallest absolute Gasteiger partial charge is 0.269 e. The van der Waals surface area contributed by atoms with Gasteiger partial charge in [0.05, 0.1) is 19.9 Å². The van der Waals surface area contributed by atoms with Gasteiger partial charge in [-0.15, -0.1) is 0 Å². The average Bonchev–Trinajstić information content (AvgIpc) is 2.55. The van der Waals surface area contributed by atoms with Gasteiger partial charge in [-0.2, -0.15) is 0 Å². The summed E-state index contributed by atoms with van der Waals surface area (Å²) >= 11 is 12.0. The molecule has 0 bridgehead atoms. The number of hydrogen-bond donors (Lipinski definition) is 2. The summed E-state index contributed by atoms with van der Waals surface area (Å²) in [6, 6.07) is 8.74. The van der Waals surface area contributed by atoms with Crippen molar-refractivity contribution in [3.63, 3.8) is 0 Å². The van der Waals surface area contributed by atoms with Crippen LogP contribution in [0.15, 0.2) is 47.4 Å². The van der Waals surface area contributed by atoms with E-state index in [4.69, 9.17) is 28.9 Å². The van der Waals surface area contributed by atoms with E-state index in [1.807, 2.05) is 0 Å². The lowest BCUT2D eigenvalue weighted by Gasteiger charge is -2.15. The molecule has 24 heavy (non-hydrogen) atoms. The molecule has 1 unspecified atom stereocenters. The van der Waals surface area contributed by atoms with Crippen molar-refractivity contribution in [3.8, 4) is 0 Å². The molecule has 2 rings (SSSR count). The fraction of sp³-hybridized carbons (Fsp3) is 0.143. The molecule has 10 heteroatoms. The fourth-order valence-electron chi connectivity index (χ4n) is 1.95. The van der Waals surface area contributed by atoms with E-state index in [2.05, 4.69) is 4.72 Å². The molecule has 0 fully saturated rings. The zero-order valence-electron chi connectivity index (χ0n) is 12.1. The van der Waals surface area contributed by atoms with Gasteiger partial charge >= 0.3 is 0 Å². The van der Waals surface area contributed by atoms with Crippen LogP contribution in [0.2, 0.25) is 10.0 Å². The molecule has 0 aliphatic rings. The van der Waals surface area contributed by atoms with Gasteiger partial charge in [0.15, 0.2) is 0 Å². The van der Waals surface area contributed by atoms with Gasteiger partial charge in [-0.05, 0) is 23.8 Å². The number of nitro benzene ring substituents is 1. The highest BCUT2D eigenvalue weighted by Crippen LogP contribution is 2.29. The van der Waals surface area contributed by atoms with E-state index in [9.17, 15) is 18.5 Å². The molecule has 0 radical (unpaired) electrons. The SMILES string of the molecule is NC(CNS(=O)(=O)c1ccc([N+](=O)[O-])cc1)c1cccc(Cl)c1Cl. The largest absolute Gasteiger partial charge is 0.323 e. The highest BCUT2D eigenvalue weighted by atomic mass is 35.5. The first-order valence-corrected chi connectivity index (χ1v) is 8.90. The Morgan fingerprint density at radius 2 is 1.79 bits per heavy atom. The van der Waals surface area contributed by atoms with Crippen LogP contribution in [-0.2, 0) is 10.0 Å². The van der Waals surface area contributed by atoms with Crippen molar-refractivity contribution >= 4 is 38.9 Å². The standard InChI is InChI=1S/C14H13Cl2N3O4S/c15-12-3-1-2-11(14(12)16)13(17)8-18-24(22,23)10-6-4-9(5-7-10)19(20)21/h1-7,13,18H,8,17H2. The number of non-ortho nitro benzene ring substituents is 1. The van der Waals surface area contributed by atoms with Gasteiger partial charge in [-0.1, -0.05) is 35.3 Å². The van der Waals surface area contributed by atoms with Gasteiger partial charge < -0.3 is 5.73 Å². The first-order valence-electron chi connectivity index (χ1n) is 6.66. The highest BCUT2D eigenvalue weighted by Gasteiger charge is 2.19. The summed E-state index contributed by atoms with van der Waals surface area (Å²) in [4.78, 5) is 9.88. The van der Waals surface area contributed by atoms with E-state index >= 15 is 0 Å². The molecule has 0 aliphatic heterocycles. The molecule has 7 nitrogen and oxygen atoms in total. The Balaban J connectivity index is 2.12. The van der Waals surface area contributed by atoms with Gasteiger partial charge in [0.1, 0.15) is 0 Å². The van der Waals surface area contributed by atoms with Gasteiger partial charge in [0.2, 0.25) is 10.0 Å². The third kappa shape index (κ3) is 4.22. The maximum atomic E-state index is 12.2. The van der Waals surface area contributed by atoms with Crippen LogP contribution in [0.25, 0.3) is 0 Å². The minimum atomic E-state index is -3.86. The normalized spacial score (nSPS) is 12.8. The number of nitrogens with one attached hydrogen (secondary N) is 1. The number of halogens is 2. The second-order valence-corrected chi connectivity index (χ2v) is 7.40. The summed E-state index contributed by atoms with van der Waals surface area (Å²) in [5.41, 5.74) is 6.27. The third-order valence-corrected chi connectivity index (χ3v) is 5.51. The van der Waals surface area contributed by atoms with Crippen LogP contribution in [0.4, 0.5) is 5.69 Å². The van der Waals surface area contributed by atoms with Gasteiger partial charge in [-0.25, -0.2) is 13.1 Å². The Morgan fingerprint density at radius 1 is 1.17 bits per heavy atom. The van der Waals surface area contributed by atoms with E-state index < -0.39 is 21.0 Å². The molecule has 2 aromatic rings. The number of nitro groups is 1. The first kappa shape index (κ1) is 18.6. The lowest BCUT2D eigenvalue weighted by molar-refractivity contribution is -0.384. The van der Waals surface area contributed by atoms with Gasteiger partial charge in [-0.3, -0.25) is 10.1 Å². The van der Waals surface area contributed by atoms with Crippen LogP contribution >= 0.6 is 23.2 Å². The average molecular weight is 390 g/mol. The van der Waals surface area contributed by atoms with Crippen LogP contribution < -0.4 is 10.5 Å². The third-order valence-electron chi connectivity index (χ3n) is 3.23. The molecule has 0 aliphatic carbocycles. The molecule has 0 heterocycles. The maximum Gasteiger partial charge on any atom is 0.269 e. The summed E-state index contributed by atoms with van der Waals surface area (Å²) in [6.07, 6.45) is 0. The monoisotopic (exact) mass is 389 g/mol. The zero-order valence-corrected chi connectivity index (χ0v) is 14.5. The van der Waals surface area contributed by atoms with E-state index in [1.54, 1.807) is 18.2 Å². The predicted molar refractivity (Wildman–Crippen MR) is 91.7 cm³/mol. The highest BCUT2D eigenvalue weighted by molar-refractivity contribution is 7.89. The quantitative estimate of drug-likeness (QED) is 0.581. The van der Waals surface area contributed by atoms with E-state index in [1.165, 1.54) is 0 Å². The minimum absolute atomic E-state index is 0.0995. The molecular formula is C14H13Cl2N3O4S. The number of nitrogens with zero attached hydrogens (tertiary/aromatic N) is 1. The lowest BCUT2D eigenvalue weighted by atomic mass is 10.1. The molecule has 0 aromatic heterocycles. The molecule has 2 aromatic carbocycles. The molecule has 0 saturated carbocycles. The van der Waals surface area contributed by atoms with Crippen LogP contribution in [-0.4, -0.2) is 19.9 Å². The first-order chi connectivity index (χ1) is 11.2. The van der Waals surface area contributed by atoms with Crippen molar-refractivity contribution in [2.45, 2.75) is 10.9 Å². The fourth-order valence-corrected chi connectivity index (χ4v) is 3.45. The molecule has 1 atom stereocenters. The predicted octanol–water partition coefficient (Wildman–Crippen LogP) is 2.88. The molecule has 0 spiro atoms. The van der Waals surface area contributed by atoms with Crippen LogP contribution in [0, 0.1) is 10.1 Å². The Kier molecular flexibility index (Phi) is 5.79. The Hall–Kier alpha value is -1.71. The van der Waals surface area contributed by atoms with E-state index in [-0.39, 0.29) is 22.2 Å². The van der Waals surface area contributed by atoms with Gasteiger partial charge in [0.25, 0.3) is 5.69 Å². The summed E-state index contributed by atoms with van der Waals surface area (Å²) in [5.74, 6) is 0.